The zero-order valence-electron chi connectivity index (χ0n) is 16.2. The molecule has 1 aromatic rings. The van der Waals surface area contributed by atoms with Gasteiger partial charge in [-0.15, -0.1) is 0 Å². The molecule has 3 heterocycles. The van der Waals surface area contributed by atoms with Gasteiger partial charge in [-0.1, -0.05) is 44.2 Å². The molecule has 6 heteroatoms. The van der Waals surface area contributed by atoms with Gasteiger partial charge in [-0.3, -0.25) is 24.2 Å². The summed E-state index contributed by atoms with van der Waals surface area (Å²) in [7, 11) is 0. The lowest BCUT2D eigenvalue weighted by molar-refractivity contribution is -0.192. The fourth-order valence-corrected chi connectivity index (χ4v) is 5.15. The number of hydrogen-bond donors (Lipinski definition) is 0. The Hall–Kier alpha value is -2.21. The van der Waals surface area contributed by atoms with Crippen molar-refractivity contribution in [3.8, 4) is 0 Å². The number of nitrogens with zero attached hydrogens (tertiary/aromatic N) is 2. The minimum atomic E-state index is -1.12. The van der Waals surface area contributed by atoms with Gasteiger partial charge in [0.2, 0.25) is 11.8 Å². The van der Waals surface area contributed by atoms with Crippen LogP contribution in [0.2, 0.25) is 0 Å². The first kappa shape index (κ1) is 18.2. The van der Waals surface area contributed by atoms with E-state index in [4.69, 9.17) is 4.74 Å². The maximum atomic E-state index is 13.1. The van der Waals surface area contributed by atoms with Crippen LogP contribution >= 0.6 is 0 Å². The number of esters is 1. The smallest absolute Gasteiger partial charge is 0.327 e. The second-order valence-corrected chi connectivity index (χ2v) is 8.27. The summed E-state index contributed by atoms with van der Waals surface area (Å²) < 4.78 is 5.93. The van der Waals surface area contributed by atoms with Crippen molar-refractivity contribution in [3.05, 3.63) is 35.9 Å². The Morgan fingerprint density at radius 1 is 1.15 bits per heavy atom. The number of amides is 2. The lowest BCUT2D eigenvalue weighted by Gasteiger charge is -2.50. The van der Waals surface area contributed by atoms with Crippen LogP contribution in [0.3, 0.4) is 0 Å². The number of ether oxygens (including phenoxy) is 1. The Bertz CT molecular complexity index is 793. The van der Waals surface area contributed by atoms with E-state index in [9.17, 15) is 14.4 Å². The van der Waals surface area contributed by atoms with E-state index < -0.39 is 17.4 Å². The second-order valence-electron chi connectivity index (χ2n) is 8.27. The highest BCUT2D eigenvalue weighted by atomic mass is 16.6. The largest absolute Gasteiger partial charge is 0.459 e. The van der Waals surface area contributed by atoms with Crippen molar-refractivity contribution in [2.24, 2.45) is 17.8 Å². The van der Waals surface area contributed by atoms with E-state index in [1.807, 2.05) is 44.2 Å². The molecule has 27 heavy (non-hydrogen) atoms. The van der Waals surface area contributed by atoms with E-state index in [2.05, 4.69) is 4.90 Å². The average Bonchev–Trinajstić information content (AvgIpc) is 3.09. The minimum absolute atomic E-state index is 0.114. The number of morpholine rings is 1. The maximum Gasteiger partial charge on any atom is 0.327 e. The van der Waals surface area contributed by atoms with Crippen molar-refractivity contribution in [2.45, 2.75) is 45.4 Å². The molecule has 0 spiro atoms. The molecule has 144 valence electrons. The van der Waals surface area contributed by atoms with E-state index in [0.717, 1.165) is 5.56 Å². The zero-order chi connectivity index (χ0) is 19.5. The Morgan fingerprint density at radius 3 is 2.41 bits per heavy atom. The molecule has 0 radical (unpaired) electrons. The average molecular weight is 370 g/mol. The predicted molar refractivity (Wildman–Crippen MR) is 98.4 cm³/mol. The first-order valence-electron chi connectivity index (χ1n) is 9.70. The Balaban J connectivity index is 1.82. The Labute approximate surface area is 159 Å². The Morgan fingerprint density at radius 2 is 1.81 bits per heavy atom. The van der Waals surface area contributed by atoms with Crippen LogP contribution in [0.25, 0.3) is 0 Å². The molecule has 3 saturated heterocycles. The van der Waals surface area contributed by atoms with Gasteiger partial charge in [-0.2, -0.15) is 0 Å². The third kappa shape index (κ3) is 2.32. The van der Waals surface area contributed by atoms with Gasteiger partial charge in [0.25, 0.3) is 0 Å². The van der Waals surface area contributed by atoms with Crippen molar-refractivity contribution in [1.29, 1.82) is 0 Å². The number of likely N-dealkylation sites (tertiary alicyclic amines) is 1. The van der Waals surface area contributed by atoms with Crippen LogP contribution in [0.15, 0.2) is 30.3 Å². The monoisotopic (exact) mass is 370 g/mol. The molecule has 0 aromatic heterocycles. The first-order valence-corrected chi connectivity index (χ1v) is 9.70. The third-order valence-electron chi connectivity index (χ3n) is 6.53. The van der Waals surface area contributed by atoms with Gasteiger partial charge < -0.3 is 4.74 Å². The lowest BCUT2D eigenvalue weighted by Crippen LogP contribution is -2.63. The van der Waals surface area contributed by atoms with Gasteiger partial charge >= 0.3 is 5.97 Å². The zero-order valence-corrected chi connectivity index (χ0v) is 16.2. The molecule has 3 fully saturated rings. The summed E-state index contributed by atoms with van der Waals surface area (Å²) in [6.45, 7) is 8.37. The number of imide groups is 1. The molecular weight excluding hydrogens is 344 g/mol. The quantitative estimate of drug-likeness (QED) is 0.601. The van der Waals surface area contributed by atoms with E-state index in [0.29, 0.717) is 13.1 Å². The molecule has 4 rings (SSSR count). The fraction of sp³-hybridized carbons (Fsp3) is 0.571. The summed E-state index contributed by atoms with van der Waals surface area (Å²) in [5.41, 5.74) is -0.0742. The standard InChI is InChI=1S/C21H26N2O4/c1-5-22-18(24)14-11-23-16(13-9-7-6-8-10-13)17(12(2)3)27-20(26)21(23,4)15(14)19(22)25/h6-10,12,14-17H,5,11H2,1-4H3/t14-,15+,16+,17-,21+/m1/s1. The van der Waals surface area contributed by atoms with Crippen LogP contribution in [-0.4, -0.2) is 52.3 Å². The van der Waals surface area contributed by atoms with E-state index in [-0.39, 0.29) is 35.8 Å². The van der Waals surface area contributed by atoms with Crippen LogP contribution in [0.5, 0.6) is 0 Å². The molecule has 6 nitrogen and oxygen atoms in total. The summed E-state index contributed by atoms with van der Waals surface area (Å²) in [6.07, 6.45) is -0.320. The number of rotatable bonds is 3. The molecule has 3 aliphatic heterocycles. The SMILES string of the molecule is CCN1C(=O)[C@@H]2[C@@H](CN3[C@@H](c4ccccc4)[C@@H](C(C)C)OC(=O)[C@]23C)C1=O. The number of fused-ring (bicyclic) bond motifs is 3. The van der Waals surface area contributed by atoms with Crippen LogP contribution < -0.4 is 0 Å². The number of carbonyl (C=O) groups excluding carboxylic acids is 3. The van der Waals surface area contributed by atoms with Crippen LogP contribution in [-0.2, 0) is 19.1 Å². The van der Waals surface area contributed by atoms with Crippen molar-refractivity contribution in [2.75, 3.05) is 13.1 Å². The summed E-state index contributed by atoms with van der Waals surface area (Å²) in [6, 6.07) is 9.76. The number of cyclic esters (lactones) is 1. The van der Waals surface area contributed by atoms with Gasteiger partial charge in [0.15, 0.2) is 0 Å². The predicted octanol–water partition coefficient (Wildman–Crippen LogP) is 2.00. The highest BCUT2D eigenvalue weighted by Gasteiger charge is 2.70. The van der Waals surface area contributed by atoms with Gasteiger partial charge in [0.1, 0.15) is 11.6 Å². The van der Waals surface area contributed by atoms with Crippen molar-refractivity contribution in [1.82, 2.24) is 9.80 Å². The molecule has 0 bridgehead atoms. The minimum Gasteiger partial charge on any atom is -0.459 e. The molecule has 0 saturated carbocycles. The fourth-order valence-electron chi connectivity index (χ4n) is 5.15. The van der Waals surface area contributed by atoms with Gasteiger partial charge in [0, 0.05) is 13.1 Å². The molecule has 0 aliphatic carbocycles. The van der Waals surface area contributed by atoms with E-state index in [1.165, 1.54) is 4.90 Å². The number of carbonyl (C=O) groups is 3. The molecule has 5 atom stereocenters. The first-order chi connectivity index (χ1) is 12.8. The molecule has 2 amide bonds. The highest BCUT2D eigenvalue weighted by molar-refractivity contribution is 6.09. The van der Waals surface area contributed by atoms with Crippen molar-refractivity contribution >= 4 is 17.8 Å². The van der Waals surface area contributed by atoms with E-state index >= 15 is 0 Å². The van der Waals surface area contributed by atoms with Crippen LogP contribution in [0.4, 0.5) is 0 Å². The molecule has 1 aromatic carbocycles. The van der Waals surface area contributed by atoms with Gasteiger partial charge in [0.05, 0.1) is 17.9 Å². The summed E-state index contributed by atoms with van der Waals surface area (Å²) in [5.74, 6) is -1.83. The number of hydrogen-bond acceptors (Lipinski definition) is 5. The van der Waals surface area contributed by atoms with Crippen LogP contribution in [0.1, 0.15) is 39.3 Å². The van der Waals surface area contributed by atoms with Crippen molar-refractivity contribution < 1.29 is 19.1 Å². The normalized spacial score (nSPS) is 36.2. The number of benzene rings is 1. The summed E-state index contributed by atoms with van der Waals surface area (Å²) in [4.78, 5) is 42.3. The summed E-state index contributed by atoms with van der Waals surface area (Å²) >= 11 is 0. The lowest BCUT2D eigenvalue weighted by atomic mass is 9.79. The third-order valence-corrected chi connectivity index (χ3v) is 6.53. The van der Waals surface area contributed by atoms with Crippen LogP contribution in [0, 0.1) is 17.8 Å². The maximum absolute atomic E-state index is 13.1. The molecular formula is C21H26N2O4. The highest BCUT2D eigenvalue weighted by Crippen LogP contribution is 2.53. The van der Waals surface area contributed by atoms with Crippen molar-refractivity contribution in [3.63, 3.8) is 0 Å². The summed E-state index contributed by atoms with van der Waals surface area (Å²) in [5, 5.41) is 0. The molecule has 3 aliphatic rings. The van der Waals surface area contributed by atoms with Gasteiger partial charge in [-0.05, 0) is 25.3 Å². The second kappa shape index (κ2) is 6.16. The van der Waals surface area contributed by atoms with Gasteiger partial charge in [-0.25, -0.2) is 0 Å². The molecule has 0 N–H and O–H groups in total. The van der Waals surface area contributed by atoms with E-state index in [1.54, 1.807) is 13.8 Å². The molecule has 0 unspecified atom stereocenters. The Kier molecular flexibility index (Phi) is 4.14. The topological polar surface area (TPSA) is 66.9 Å².